The highest BCUT2D eigenvalue weighted by Crippen LogP contribution is 2.32. The van der Waals surface area contributed by atoms with Gasteiger partial charge in [-0.05, 0) is 31.2 Å². The van der Waals surface area contributed by atoms with Crippen molar-refractivity contribution in [2.24, 2.45) is 0 Å². The Bertz CT molecular complexity index is 971. The summed E-state index contributed by atoms with van der Waals surface area (Å²) in [6, 6.07) is 10.9. The van der Waals surface area contributed by atoms with Crippen molar-refractivity contribution in [1.29, 1.82) is 0 Å². The molecule has 1 atom stereocenters. The predicted octanol–water partition coefficient (Wildman–Crippen LogP) is 2.95. The Morgan fingerprint density at radius 2 is 1.90 bits per heavy atom. The minimum atomic E-state index is -1.08. The summed E-state index contributed by atoms with van der Waals surface area (Å²) in [5.41, 5.74) is 0.585. The van der Waals surface area contributed by atoms with Gasteiger partial charge >= 0.3 is 5.97 Å². The SMILES string of the molecule is C[C@H](OC(=O)/C=C/c1ccccc1[N+](=O)[O-])C(=O)Nc1ccc2c(c1)OCCO2. The lowest BCUT2D eigenvalue weighted by atomic mass is 10.1. The zero-order valence-corrected chi connectivity index (χ0v) is 15.5. The Morgan fingerprint density at radius 3 is 2.66 bits per heavy atom. The van der Waals surface area contributed by atoms with Crippen molar-refractivity contribution in [1.82, 2.24) is 0 Å². The number of carbonyl (C=O) groups is 2. The number of nitrogens with one attached hydrogen (secondary N) is 1. The first kappa shape index (κ1) is 19.9. The molecule has 9 heteroatoms. The van der Waals surface area contributed by atoms with Crippen LogP contribution in [-0.2, 0) is 14.3 Å². The van der Waals surface area contributed by atoms with Crippen LogP contribution in [0.2, 0.25) is 0 Å². The van der Waals surface area contributed by atoms with E-state index in [2.05, 4.69) is 5.32 Å². The van der Waals surface area contributed by atoms with Gasteiger partial charge in [0.2, 0.25) is 0 Å². The molecule has 150 valence electrons. The second-order valence-electron chi connectivity index (χ2n) is 6.08. The number of nitro benzene ring substituents is 1. The molecule has 0 saturated heterocycles. The first-order chi connectivity index (χ1) is 13.9. The van der Waals surface area contributed by atoms with Gasteiger partial charge in [0.25, 0.3) is 11.6 Å². The summed E-state index contributed by atoms with van der Waals surface area (Å²) < 4.78 is 15.9. The molecule has 0 spiro atoms. The van der Waals surface area contributed by atoms with Crippen LogP contribution in [0.1, 0.15) is 12.5 Å². The number of rotatable bonds is 6. The number of esters is 1. The molecule has 0 fully saturated rings. The molecule has 0 aliphatic carbocycles. The zero-order valence-electron chi connectivity index (χ0n) is 15.5. The third-order valence-corrected chi connectivity index (χ3v) is 4.00. The van der Waals surface area contributed by atoms with E-state index in [1.165, 1.54) is 31.2 Å². The standard InChI is InChI=1S/C20H18N2O7/c1-13(20(24)21-15-7-8-17-18(12-15)28-11-10-27-17)29-19(23)9-6-14-4-2-3-5-16(14)22(25)26/h2-9,12-13H,10-11H2,1H3,(H,21,24)/b9-6+/t13-/m0/s1. The maximum atomic E-state index is 12.3. The van der Waals surface area contributed by atoms with Gasteiger partial charge in [0.1, 0.15) is 13.2 Å². The van der Waals surface area contributed by atoms with Gasteiger partial charge in [-0.3, -0.25) is 14.9 Å². The van der Waals surface area contributed by atoms with E-state index >= 15 is 0 Å². The molecule has 1 heterocycles. The van der Waals surface area contributed by atoms with Crippen molar-refractivity contribution < 1.29 is 28.7 Å². The first-order valence-electron chi connectivity index (χ1n) is 8.76. The first-order valence-corrected chi connectivity index (χ1v) is 8.76. The number of carbonyl (C=O) groups excluding carboxylic acids is 2. The molecule has 0 saturated carbocycles. The fourth-order valence-corrected chi connectivity index (χ4v) is 2.58. The third-order valence-electron chi connectivity index (χ3n) is 4.00. The largest absolute Gasteiger partial charge is 0.486 e. The van der Waals surface area contributed by atoms with E-state index in [9.17, 15) is 19.7 Å². The monoisotopic (exact) mass is 398 g/mol. The summed E-state index contributed by atoms with van der Waals surface area (Å²) in [7, 11) is 0. The van der Waals surface area contributed by atoms with Gasteiger partial charge in [-0.15, -0.1) is 0 Å². The number of anilines is 1. The molecule has 9 nitrogen and oxygen atoms in total. The summed E-state index contributed by atoms with van der Waals surface area (Å²) in [4.78, 5) is 34.7. The topological polar surface area (TPSA) is 117 Å². The summed E-state index contributed by atoms with van der Waals surface area (Å²) in [5, 5.41) is 13.6. The van der Waals surface area contributed by atoms with Crippen molar-refractivity contribution in [2.45, 2.75) is 13.0 Å². The van der Waals surface area contributed by atoms with E-state index < -0.39 is 22.9 Å². The summed E-state index contributed by atoms with van der Waals surface area (Å²) >= 11 is 0. The smallest absolute Gasteiger partial charge is 0.331 e. The van der Waals surface area contributed by atoms with E-state index in [-0.39, 0.29) is 11.3 Å². The normalized spacial score (nSPS) is 13.6. The predicted molar refractivity (Wildman–Crippen MR) is 104 cm³/mol. The van der Waals surface area contributed by atoms with Gasteiger partial charge in [-0.2, -0.15) is 0 Å². The Balaban J connectivity index is 1.58. The lowest BCUT2D eigenvalue weighted by Gasteiger charge is -2.19. The number of nitrogens with zero attached hydrogens (tertiary/aromatic N) is 1. The highest BCUT2D eigenvalue weighted by molar-refractivity contribution is 5.97. The molecule has 0 unspecified atom stereocenters. The maximum Gasteiger partial charge on any atom is 0.331 e. The number of benzene rings is 2. The molecule has 0 bridgehead atoms. The Morgan fingerprint density at radius 1 is 1.17 bits per heavy atom. The van der Waals surface area contributed by atoms with Crippen LogP contribution in [0.3, 0.4) is 0 Å². The zero-order chi connectivity index (χ0) is 20.8. The van der Waals surface area contributed by atoms with Crippen molar-refractivity contribution >= 4 is 29.3 Å². The highest BCUT2D eigenvalue weighted by Gasteiger charge is 2.19. The average molecular weight is 398 g/mol. The van der Waals surface area contributed by atoms with Gasteiger partial charge < -0.3 is 19.5 Å². The van der Waals surface area contributed by atoms with Crippen LogP contribution in [0.4, 0.5) is 11.4 Å². The van der Waals surface area contributed by atoms with E-state index in [1.54, 1.807) is 24.3 Å². The van der Waals surface area contributed by atoms with Gasteiger partial charge in [-0.25, -0.2) is 4.79 Å². The minimum absolute atomic E-state index is 0.138. The van der Waals surface area contributed by atoms with E-state index in [1.807, 2.05) is 0 Å². The molecule has 1 N–H and O–H groups in total. The van der Waals surface area contributed by atoms with Gasteiger partial charge in [0.15, 0.2) is 17.6 Å². The van der Waals surface area contributed by atoms with Gasteiger partial charge in [0, 0.05) is 23.9 Å². The quantitative estimate of drug-likeness (QED) is 0.344. The molecule has 2 aromatic rings. The molecule has 2 aromatic carbocycles. The number of nitro groups is 1. The number of amides is 1. The van der Waals surface area contributed by atoms with Crippen LogP contribution >= 0.6 is 0 Å². The molecule has 29 heavy (non-hydrogen) atoms. The van der Waals surface area contributed by atoms with Crippen molar-refractivity contribution in [3.8, 4) is 11.5 Å². The summed E-state index contributed by atoms with van der Waals surface area (Å²) in [6.45, 7) is 2.31. The molecule has 3 rings (SSSR count). The van der Waals surface area contributed by atoms with E-state index in [0.717, 1.165) is 6.08 Å². The van der Waals surface area contributed by atoms with Crippen molar-refractivity contribution in [3.63, 3.8) is 0 Å². The minimum Gasteiger partial charge on any atom is -0.486 e. The second-order valence-corrected chi connectivity index (χ2v) is 6.08. The van der Waals surface area contributed by atoms with Crippen molar-refractivity contribution in [2.75, 3.05) is 18.5 Å². The van der Waals surface area contributed by atoms with Crippen LogP contribution < -0.4 is 14.8 Å². The number of fused-ring (bicyclic) bond motifs is 1. The lowest BCUT2D eigenvalue weighted by molar-refractivity contribution is -0.385. The fourth-order valence-electron chi connectivity index (χ4n) is 2.58. The number of para-hydroxylation sites is 1. The van der Waals surface area contributed by atoms with Gasteiger partial charge in [-0.1, -0.05) is 12.1 Å². The van der Waals surface area contributed by atoms with Crippen LogP contribution in [0.5, 0.6) is 11.5 Å². The van der Waals surface area contributed by atoms with Crippen LogP contribution in [0.25, 0.3) is 6.08 Å². The average Bonchev–Trinajstić information content (AvgIpc) is 2.72. The summed E-state index contributed by atoms with van der Waals surface area (Å²) in [5.74, 6) is -0.220. The highest BCUT2D eigenvalue weighted by atomic mass is 16.6. The fraction of sp³-hybridized carbons (Fsp3) is 0.200. The molecule has 1 aliphatic rings. The molecule has 1 amide bonds. The lowest BCUT2D eigenvalue weighted by Crippen LogP contribution is -2.29. The maximum absolute atomic E-state index is 12.3. The third kappa shape index (κ3) is 5.10. The van der Waals surface area contributed by atoms with Crippen LogP contribution in [-0.4, -0.2) is 36.1 Å². The number of hydrogen-bond donors (Lipinski definition) is 1. The molecular weight excluding hydrogens is 380 g/mol. The van der Waals surface area contributed by atoms with Gasteiger partial charge in [0.05, 0.1) is 10.5 Å². The van der Waals surface area contributed by atoms with Crippen molar-refractivity contribution in [3.05, 3.63) is 64.2 Å². The number of ether oxygens (including phenoxy) is 3. The Labute approximate surface area is 166 Å². The van der Waals surface area contributed by atoms with E-state index in [4.69, 9.17) is 14.2 Å². The summed E-state index contributed by atoms with van der Waals surface area (Å²) in [6.07, 6.45) is 1.23. The molecule has 1 aliphatic heterocycles. The Hall–Kier alpha value is -3.88. The number of hydrogen-bond acceptors (Lipinski definition) is 7. The molecule has 0 aromatic heterocycles. The molecular formula is C20H18N2O7. The Kier molecular flexibility index (Phi) is 6.08. The second kappa shape index (κ2) is 8.87. The van der Waals surface area contributed by atoms with Crippen LogP contribution in [0.15, 0.2) is 48.5 Å². The van der Waals surface area contributed by atoms with E-state index in [0.29, 0.717) is 30.4 Å². The molecule has 0 radical (unpaired) electrons. The van der Waals surface area contributed by atoms with Crippen LogP contribution in [0, 0.1) is 10.1 Å².